The summed E-state index contributed by atoms with van der Waals surface area (Å²) < 4.78 is 6.72. The Morgan fingerprint density at radius 2 is 2.27 bits per heavy atom. The van der Waals surface area contributed by atoms with E-state index >= 15 is 0 Å². The normalized spacial score (nSPS) is 19.7. The summed E-state index contributed by atoms with van der Waals surface area (Å²) in [5.41, 5.74) is 0. The molecule has 0 saturated carbocycles. The lowest BCUT2D eigenvalue weighted by molar-refractivity contribution is 0.223. The first-order chi connectivity index (χ1) is 6.75. The molecule has 1 aromatic carbocycles. The third kappa shape index (κ3) is 3.52. The average Bonchev–Trinajstić information content (AvgIpc) is 2.62. The number of hydrogen-bond acceptors (Lipinski definition) is 2. The maximum atomic E-state index is 6.03. The zero-order chi connectivity index (χ0) is 9.97. The van der Waals surface area contributed by atoms with Gasteiger partial charge in [-0.1, -0.05) is 27.5 Å². The standard InChI is InChI=1S/C10H11BrClNO.ClH/c11-7-1-2-10(9(12)5-7)14-8-3-4-13-6-8;/h1-2,5,8,13H,3-4,6H2;1H. The fourth-order valence-electron chi connectivity index (χ4n) is 1.48. The lowest BCUT2D eigenvalue weighted by Crippen LogP contribution is -2.19. The molecule has 0 radical (unpaired) electrons. The van der Waals surface area contributed by atoms with Crippen molar-refractivity contribution in [2.45, 2.75) is 12.5 Å². The molecule has 1 aliphatic heterocycles. The van der Waals surface area contributed by atoms with Crippen LogP contribution >= 0.6 is 39.9 Å². The van der Waals surface area contributed by atoms with Crippen molar-refractivity contribution in [2.75, 3.05) is 13.1 Å². The van der Waals surface area contributed by atoms with Crippen LogP contribution in [0.5, 0.6) is 5.75 Å². The van der Waals surface area contributed by atoms with Crippen molar-refractivity contribution in [1.82, 2.24) is 5.32 Å². The van der Waals surface area contributed by atoms with E-state index in [1.165, 1.54) is 0 Å². The van der Waals surface area contributed by atoms with Crippen LogP contribution in [0.3, 0.4) is 0 Å². The van der Waals surface area contributed by atoms with Crippen LogP contribution in [0.1, 0.15) is 6.42 Å². The summed E-state index contributed by atoms with van der Waals surface area (Å²) in [7, 11) is 0. The molecule has 0 spiro atoms. The van der Waals surface area contributed by atoms with Gasteiger partial charge in [0.05, 0.1) is 5.02 Å². The number of benzene rings is 1. The van der Waals surface area contributed by atoms with Gasteiger partial charge in [0.2, 0.25) is 0 Å². The van der Waals surface area contributed by atoms with Crippen LogP contribution < -0.4 is 10.1 Å². The van der Waals surface area contributed by atoms with Gasteiger partial charge >= 0.3 is 0 Å². The van der Waals surface area contributed by atoms with E-state index in [4.69, 9.17) is 16.3 Å². The minimum Gasteiger partial charge on any atom is -0.487 e. The van der Waals surface area contributed by atoms with Gasteiger partial charge in [-0.15, -0.1) is 12.4 Å². The van der Waals surface area contributed by atoms with Gasteiger partial charge in [0.25, 0.3) is 0 Å². The molecule has 5 heteroatoms. The topological polar surface area (TPSA) is 21.3 Å². The highest BCUT2D eigenvalue weighted by Crippen LogP contribution is 2.29. The summed E-state index contributed by atoms with van der Waals surface area (Å²) in [5, 5.41) is 3.90. The highest BCUT2D eigenvalue weighted by atomic mass is 79.9. The Labute approximate surface area is 109 Å². The number of hydrogen-bond donors (Lipinski definition) is 1. The monoisotopic (exact) mass is 311 g/mol. The quantitative estimate of drug-likeness (QED) is 0.905. The van der Waals surface area contributed by atoms with Crippen molar-refractivity contribution < 1.29 is 4.74 Å². The Morgan fingerprint density at radius 3 is 2.87 bits per heavy atom. The van der Waals surface area contributed by atoms with Crippen molar-refractivity contribution >= 4 is 39.9 Å². The number of rotatable bonds is 2. The molecule has 1 unspecified atom stereocenters. The Kier molecular flexibility index (Phi) is 5.19. The highest BCUT2D eigenvalue weighted by molar-refractivity contribution is 9.10. The smallest absolute Gasteiger partial charge is 0.138 e. The lowest BCUT2D eigenvalue weighted by atomic mass is 10.3. The van der Waals surface area contributed by atoms with Gasteiger partial charge in [-0.2, -0.15) is 0 Å². The van der Waals surface area contributed by atoms with Crippen molar-refractivity contribution in [3.63, 3.8) is 0 Å². The Balaban J connectivity index is 0.00000112. The lowest BCUT2D eigenvalue weighted by Gasteiger charge is -2.13. The predicted octanol–water partition coefficient (Wildman–Crippen LogP) is 3.27. The molecule has 2 nitrogen and oxygen atoms in total. The van der Waals surface area contributed by atoms with Crippen LogP contribution in [0.15, 0.2) is 22.7 Å². The van der Waals surface area contributed by atoms with E-state index in [9.17, 15) is 0 Å². The minimum atomic E-state index is 0. The second-order valence-electron chi connectivity index (χ2n) is 3.31. The van der Waals surface area contributed by atoms with E-state index in [0.29, 0.717) is 5.02 Å². The molecule has 1 atom stereocenters. The van der Waals surface area contributed by atoms with Crippen molar-refractivity contribution in [2.24, 2.45) is 0 Å². The molecule has 1 fully saturated rings. The van der Waals surface area contributed by atoms with Crippen molar-refractivity contribution in [1.29, 1.82) is 0 Å². The van der Waals surface area contributed by atoms with E-state index in [1.54, 1.807) is 0 Å². The van der Waals surface area contributed by atoms with Crippen LogP contribution in [0, 0.1) is 0 Å². The maximum absolute atomic E-state index is 6.03. The maximum Gasteiger partial charge on any atom is 0.138 e. The first kappa shape index (κ1) is 13.1. The van der Waals surface area contributed by atoms with Crippen LogP contribution in [-0.4, -0.2) is 19.2 Å². The van der Waals surface area contributed by atoms with E-state index < -0.39 is 0 Å². The van der Waals surface area contributed by atoms with Gasteiger partial charge in [0.1, 0.15) is 11.9 Å². The van der Waals surface area contributed by atoms with Gasteiger partial charge in [-0.25, -0.2) is 0 Å². The first-order valence-electron chi connectivity index (χ1n) is 4.58. The summed E-state index contributed by atoms with van der Waals surface area (Å²) >= 11 is 9.39. The van der Waals surface area contributed by atoms with Crippen LogP contribution in [0.25, 0.3) is 0 Å². The Morgan fingerprint density at radius 1 is 1.47 bits per heavy atom. The highest BCUT2D eigenvalue weighted by Gasteiger charge is 2.16. The summed E-state index contributed by atoms with van der Waals surface area (Å²) in [6, 6.07) is 5.67. The molecule has 15 heavy (non-hydrogen) atoms. The van der Waals surface area contributed by atoms with Crippen molar-refractivity contribution in [3.05, 3.63) is 27.7 Å². The van der Waals surface area contributed by atoms with E-state index in [1.807, 2.05) is 18.2 Å². The summed E-state index contributed by atoms with van der Waals surface area (Å²) in [4.78, 5) is 0. The zero-order valence-electron chi connectivity index (χ0n) is 8.00. The van der Waals surface area contributed by atoms with E-state index in [2.05, 4.69) is 21.2 Å². The van der Waals surface area contributed by atoms with Crippen LogP contribution in [0.4, 0.5) is 0 Å². The molecule has 0 bridgehead atoms. The summed E-state index contributed by atoms with van der Waals surface area (Å²) in [6.07, 6.45) is 1.31. The molecule has 1 heterocycles. The molecule has 0 aliphatic carbocycles. The third-order valence-corrected chi connectivity index (χ3v) is 2.99. The van der Waals surface area contributed by atoms with Gasteiger partial charge in [0, 0.05) is 11.0 Å². The SMILES string of the molecule is Cl.Clc1cc(Br)ccc1OC1CCNC1. The largest absolute Gasteiger partial charge is 0.487 e. The molecule has 1 N–H and O–H groups in total. The number of halogens is 3. The minimum absolute atomic E-state index is 0. The molecule has 84 valence electrons. The van der Waals surface area contributed by atoms with Crippen LogP contribution in [-0.2, 0) is 0 Å². The molecule has 1 saturated heterocycles. The fraction of sp³-hybridized carbons (Fsp3) is 0.400. The first-order valence-corrected chi connectivity index (χ1v) is 5.75. The molecule has 0 aromatic heterocycles. The van der Waals surface area contributed by atoms with Gasteiger partial charge in [-0.3, -0.25) is 0 Å². The molecular formula is C10H12BrCl2NO. The van der Waals surface area contributed by atoms with Gasteiger partial charge < -0.3 is 10.1 Å². The van der Waals surface area contributed by atoms with Gasteiger partial charge in [-0.05, 0) is 31.2 Å². The second-order valence-corrected chi connectivity index (χ2v) is 4.63. The third-order valence-electron chi connectivity index (χ3n) is 2.20. The Hall–Kier alpha value is 0.0400. The fourth-order valence-corrected chi connectivity index (χ4v) is 2.20. The van der Waals surface area contributed by atoms with Crippen LogP contribution in [0.2, 0.25) is 5.02 Å². The number of nitrogens with one attached hydrogen (secondary N) is 1. The molecule has 1 aromatic rings. The van der Waals surface area contributed by atoms with Crippen molar-refractivity contribution in [3.8, 4) is 5.75 Å². The zero-order valence-corrected chi connectivity index (χ0v) is 11.2. The van der Waals surface area contributed by atoms with E-state index in [-0.39, 0.29) is 18.5 Å². The second kappa shape index (κ2) is 5.94. The molecular weight excluding hydrogens is 301 g/mol. The predicted molar refractivity (Wildman–Crippen MR) is 68.3 cm³/mol. The van der Waals surface area contributed by atoms with Gasteiger partial charge in [0.15, 0.2) is 0 Å². The van der Waals surface area contributed by atoms with E-state index in [0.717, 1.165) is 29.7 Å². The Bertz CT molecular complexity index is 329. The number of ether oxygens (including phenoxy) is 1. The molecule has 1 aliphatic rings. The average molecular weight is 313 g/mol. The molecule has 2 rings (SSSR count). The molecule has 0 amide bonds. The summed E-state index contributed by atoms with van der Waals surface area (Å²) in [5.74, 6) is 0.767. The summed E-state index contributed by atoms with van der Waals surface area (Å²) in [6.45, 7) is 1.94.